The predicted octanol–water partition coefficient (Wildman–Crippen LogP) is 15.3. The summed E-state index contributed by atoms with van der Waals surface area (Å²) >= 11 is 0. The molecule has 0 bridgehead atoms. The van der Waals surface area contributed by atoms with Gasteiger partial charge in [-0.15, -0.1) is 41.3 Å². The number of hydrogen-bond acceptors (Lipinski definition) is 3. The Morgan fingerprint density at radius 2 is 1.12 bits per heavy atom. The molecule has 10 aromatic rings. The molecule has 0 saturated carbocycles. The van der Waals surface area contributed by atoms with E-state index in [1.807, 2.05) is 30.6 Å². The monoisotopic (exact) mass is 1010 g/mol. The van der Waals surface area contributed by atoms with Crippen LogP contribution in [0.4, 0.5) is 0 Å². The first kappa shape index (κ1) is 42.5. The van der Waals surface area contributed by atoms with Crippen LogP contribution in [-0.2, 0) is 21.1 Å². The third-order valence-electron chi connectivity index (χ3n) is 12.2. The summed E-state index contributed by atoms with van der Waals surface area (Å²) in [6.45, 7) is 13.3. The molecule has 3 heterocycles. The third kappa shape index (κ3) is 8.02. The topological polar surface area (TPSA) is 44.9 Å². The van der Waals surface area contributed by atoms with Gasteiger partial charge in [0.15, 0.2) is 0 Å². The number of imidazole rings is 1. The molecule has 6 heteroatoms. The van der Waals surface area contributed by atoms with Crippen LogP contribution in [0.3, 0.4) is 0 Å². The minimum atomic E-state index is 0. The molecule has 3 aromatic heterocycles. The van der Waals surface area contributed by atoms with Crippen LogP contribution in [0, 0.1) is 26.0 Å². The Morgan fingerprint density at radius 1 is 0.531 bits per heavy atom. The van der Waals surface area contributed by atoms with Crippen molar-refractivity contribution in [2.75, 3.05) is 0 Å². The Balaban J connectivity index is 0.00000518. The summed E-state index contributed by atoms with van der Waals surface area (Å²) in [4.78, 5) is 9.77. The largest absolute Gasteiger partial charge is 2.00 e. The van der Waals surface area contributed by atoms with Gasteiger partial charge in [-0.3, -0.25) is 4.98 Å². The molecule has 0 unspecified atom stereocenters. The van der Waals surface area contributed by atoms with Gasteiger partial charge in [0.05, 0.1) is 5.82 Å². The summed E-state index contributed by atoms with van der Waals surface area (Å²) in [5.41, 5.74) is 16.1. The number of rotatable bonds is 10. The number of nitrogens with zero attached hydrogens (tertiary/aromatic N) is 4. The maximum absolute atomic E-state index is 6.57. The SMILES string of the molecule is Cc1cnc(-n2c3[c-]c(Oc4[c-]c(-c5nccn5-c5c(C(C)C)cc(-c6ccc(-c7ccc(-c8ccccc8)cc7)cc6)cc5C(C)C)ccc4)ccc3c3ccccc32)cc1C.[Pt+2]. The molecule has 10 rings (SSSR count). The summed E-state index contributed by atoms with van der Waals surface area (Å²) in [6.07, 6.45) is 5.89. The van der Waals surface area contributed by atoms with Crippen LogP contribution in [0.15, 0.2) is 170 Å². The van der Waals surface area contributed by atoms with Crippen molar-refractivity contribution in [2.45, 2.75) is 53.4 Å². The summed E-state index contributed by atoms with van der Waals surface area (Å²) in [5, 5.41) is 2.23. The van der Waals surface area contributed by atoms with E-state index >= 15 is 0 Å². The smallest absolute Gasteiger partial charge is 0.503 e. The number of aryl methyl sites for hydroxylation is 2. The van der Waals surface area contributed by atoms with Gasteiger partial charge in [0.2, 0.25) is 0 Å². The van der Waals surface area contributed by atoms with Crippen LogP contribution in [-0.4, -0.2) is 19.1 Å². The van der Waals surface area contributed by atoms with Gasteiger partial charge in [-0.1, -0.05) is 136 Å². The van der Waals surface area contributed by atoms with Crippen molar-refractivity contribution in [3.8, 4) is 67.8 Å². The van der Waals surface area contributed by atoms with E-state index in [-0.39, 0.29) is 32.9 Å². The van der Waals surface area contributed by atoms with E-state index in [1.54, 1.807) is 0 Å². The van der Waals surface area contributed by atoms with Crippen molar-refractivity contribution in [2.24, 2.45) is 0 Å². The van der Waals surface area contributed by atoms with Crippen molar-refractivity contribution in [3.05, 3.63) is 205 Å². The van der Waals surface area contributed by atoms with Crippen molar-refractivity contribution < 1.29 is 25.8 Å². The van der Waals surface area contributed by atoms with Crippen LogP contribution in [0.25, 0.3) is 78.1 Å². The summed E-state index contributed by atoms with van der Waals surface area (Å²) < 4.78 is 11.0. The van der Waals surface area contributed by atoms with Crippen molar-refractivity contribution in [3.63, 3.8) is 0 Å². The zero-order valence-corrected chi connectivity index (χ0v) is 39.1. The van der Waals surface area contributed by atoms with E-state index in [2.05, 4.69) is 202 Å². The van der Waals surface area contributed by atoms with Crippen LogP contribution >= 0.6 is 0 Å². The third-order valence-corrected chi connectivity index (χ3v) is 12.2. The van der Waals surface area contributed by atoms with Gasteiger partial charge in [-0.05, 0) is 111 Å². The number of hydrogen-bond donors (Lipinski definition) is 0. The van der Waals surface area contributed by atoms with E-state index < -0.39 is 0 Å². The molecular formula is C58H48N4OPt. The molecule has 0 fully saturated rings. The quantitative estimate of drug-likeness (QED) is 0.128. The second-order valence-corrected chi connectivity index (χ2v) is 17.0. The minimum absolute atomic E-state index is 0. The Kier molecular flexibility index (Phi) is 11.8. The van der Waals surface area contributed by atoms with Gasteiger partial charge >= 0.3 is 21.1 Å². The standard InChI is InChI=1S/C58H48N4O.Pt/c1-37(2)52-33-47(45-25-23-44(24-26-45)43-21-19-42(20-22-43)41-13-8-7-9-14-41)34-53(38(3)4)57(52)61-30-29-59-58(61)46-15-12-16-48(32-46)63-49-27-28-51-50-17-10-11-18-54(50)62(55(51)35-49)56-31-39(5)40(6)36-60-56;/h7-31,33-34,36-38H,1-6H3;/q-2;+2. The average Bonchev–Trinajstić information content (AvgIpc) is 3.93. The van der Waals surface area contributed by atoms with Crippen molar-refractivity contribution >= 4 is 21.8 Å². The number of para-hydroxylation sites is 1. The maximum Gasteiger partial charge on any atom is 2.00 e. The predicted molar refractivity (Wildman–Crippen MR) is 259 cm³/mol. The zero-order valence-electron chi connectivity index (χ0n) is 36.8. The molecule has 0 radical (unpaired) electrons. The summed E-state index contributed by atoms with van der Waals surface area (Å²) in [6, 6.07) is 60.9. The van der Waals surface area contributed by atoms with Gasteiger partial charge in [0.1, 0.15) is 5.82 Å². The maximum atomic E-state index is 6.57. The fourth-order valence-electron chi connectivity index (χ4n) is 8.69. The molecule has 64 heavy (non-hydrogen) atoms. The Hall–Kier alpha value is -6.81. The summed E-state index contributed by atoms with van der Waals surface area (Å²) in [5.74, 6) is 3.36. The molecule has 316 valence electrons. The van der Waals surface area contributed by atoms with Crippen LogP contribution in [0.2, 0.25) is 0 Å². The first-order valence-electron chi connectivity index (χ1n) is 21.8. The Morgan fingerprint density at radius 3 is 1.77 bits per heavy atom. The van der Waals surface area contributed by atoms with Gasteiger partial charge < -0.3 is 13.9 Å². The first-order valence-corrected chi connectivity index (χ1v) is 21.8. The minimum Gasteiger partial charge on any atom is -0.503 e. The van der Waals surface area contributed by atoms with Crippen LogP contribution < -0.4 is 4.74 Å². The average molecular weight is 1010 g/mol. The van der Waals surface area contributed by atoms with Crippen LogP contribution in [0.5, 0.6) is 11.5 Å². The molecule has 0 aliphatic rings. The van der Waals surface area contributed by atoms with E-state index in [1.165, 1.54) is 50.1 Å². The molecular weight excluding hydrogens is 964 g/mol. The number of aromatic nitrogens is 4. The van der Waals surface area contributed by atoms with Gasteiger partial charge in [-0.2, -0.15) is 6.07 Å². The second kappa shape index (κ2) is 17.8. The van der Waals surface area contributed by atoms with Gasteiger partial charge in [-0.25, -0.2) is 4.98 Å². The zero-order chi connectivity index (χ0) is 43.2. The molecule has 0 amide bonds. The van der Waals surface area contributed by atoms with Crippen LogP contribution in [0.1, 0.15) is 61.8 Å². The molecule has 5 nitrogen and oxygen atoms in total. The molecule has 0 aliphatic heterocycles. The molecule has 7 aromatic carbocycles. The number of ether oxygens (including phenoxy) is 1. The van der Waals surface area contributed by atoms with E-state index in [4.69, 9.17) is 14.7 Å². The number of pyridine rings is 1. The van der Waals surface area contributed by atoms with Gasteiger partial charge in [0.25, 0.3) is 0 Å². The normalized spacial score (nSPS) is 11.4. The van der Waals surface area contributed by atoms with Crippen molar-refractivity contribution in [1.29, 1.82) is 0 Å². The first-order chi connectivity index (χ1) is 30.7. The van der Waals surface area contributed by atoms with E-state index in [9.17, 15) is 0 Å². The number of benzene rings is 7. The molecule has 0 saturated heterocycles. The molecule has 0 N–H and O–H groups in total. The molecule has 0 atom stereocenters. The molecule has 0 spiro atoms. The number of fused-ring (bicyclic) bond motifs is 3. The van der Waals surface area contributed by atoms with E-state index in [0.717, 1.165) is 50.3 Å². The summed E-state index contributed by atoms with van der Waals surface area (Å²) in [7, 11) is 0. The Bertz CT molecular complexity index is 3240. The second-order valence-electron chi connectivity index (χ2n) is 17.0. The van der Waals surface area contributed by atoms with Gasteiger partial charge in [0, 0.05) is 41.3 Å². The Labute approximate surface area is 390 Å². The molecule has 0 aliphatic carbocycles. The fourth-order valence-corrected chi connectivity index (χ4v) is 8.69. The van der Waals surface area contributed by atoms with E-state index in [0.29, 0.717) is 11.5 Å². The fraction of sp³-hybridized carbons (Fsp3) is 0.138. The van der Waals surface area contributed by atoms with Crippen molar-refractivity contribution in [1.82, 2.24) is 19.1 Å².